The first-order valence-corrected chi connectivity index (χ1v) is 9.38. The highest BCUT2D eigenvalue weighted by Crippen LogP contribution is 2.36. The summed E-state index contributed by atoms with van der Waals surface area (Å²) in [6.07, 6.45) is 4.68. The summed E-state index contributed by atoms with van der Waals surface area (Å²) in [5.41, 5.74) is -0.672. The molecule has 0 amide bonds. The summed E-state index contributed by atoms with van der Waals surface area (Å²) in [6, 6.07) is 0.0182. The highest BCUT2D eigenvalue weighted by molar-refractivity contribution is 7.91. The molecule has 5 nitrogen and oxygen atoms in total. The van der Waals surface area contributed by atoms with E-state index in [9.17, 15) is 18.3 Å². The second-order valence-corrected chi connectivity index (χ2v) is 8.55. The van der Waals surface area contributed by atoms with Gasteiger partial charge in [-0.25, -0.2) is 8.42 Å². The first kappa shape index (κ1) is 15.8. The standard InChI is InChI=1S/C14H25NO4S/c1-2-6-14(13(16)17)7-4-8-15(11-14)12-5-3-9-20(18,19)10-12/h12H,2-11H2,1H3,(H,16,17). The number of sulfone groups is 1. The van der Waals surface area contributed by atoms with Crippen molar-refractivity contribution in [3.8, 4) is 0 Å². The summed E-state index contributed by atoms with van der Waals surface area (Å²) >= 11 is 0. The largest absolute Gasteiger partial charge is 0.481 e. The molecule has 116 valence electrons. The van der Waals surface area contributed by atoms with Gasteiger partial charge in [-0.15, -0.1) is 0 Å². The molecule has 0 radical (unpaired) electrons. The van der Waals surface area contributed by atoms with E-state index in [1.807, 2.05) is 6.92 Å². The van der Waals surface area contributed by atoms with Crippen LogP contribution in [0.15, 0.2) is 0 Å². The van der Waals surface area contributed by atoms with Crippen molar-refractivity contribution in [3.05, 3.63) is 0 Å². The normalized spacial score (nSPS) is 34.8. The van der Waals surface area contributed by atoms with Crippen molar-refractivity contribution < 1.29 is 18.3 Å². The summed E-state index contributed by atoms with van der Waals surface area (Å²) in [4.78, 5) is 13.8. The number of hydrogen-bond donors (Lipinski definition) is 1. The van der Waals surface area contributed by atoms with Crippen LogP contribution in [0.5, 0.6) is 0 Å². The van der Waals surface area contributed by atoms with Gasteiger partial charge in [0.1, 0.15) is 0 Å². The average molecular weight is 303 g/mol. The van der Waals surface area contributed by atoms with Crippen molar-refractivity contribution in [3.63, 3.8) is 0 Å². The van der Waals surface area contributed by atoms with E-state index in [0.717, 1.165) is 25.8 Å². The van der Waals surface area contributed by atoms with Gasteiger partial charge in [0.15, 0.2) is 9.84 Å². The fraction of sp³-hybridized carbons (Fsp3) is 0.929. The molecule has 20 heavy (non-hydrogen) atoms. The average Bonchev–Trinajstić information content (AvgIpc) is 2.38. The molecule has 0 bridgehead atoms. The van der Waals surface area contributed by atoms with Crippen LogP contribution in [0.3, 0.4) is 0 Å². The fourth-order valence-corrected chi connectivity index (χ4v) is 5.47. The molecular weight excluding hydrogens is 278 g/mol. The van der Waals surface area contributed by atoms with Gasteiger partial charge in [-0.1, -0.05) is 13.3 Å². The molecule has 0 aromatic carbocycles. The zero-order chi connectivity index (χ0) is 14.8. The first-order valence-electron chi connectivity index (χ1n) is 7.56. The Morgan fingerprint density at radius 3 is 2.75 bits per heavy atom. The van der Waals surface area contributed by atoms with Gasteiger partial charge >= 0.3 is 5.97 Å². The second-order valence-electron chi connectivity index (χ2n) is 6.32. The van der Waals surface area contributed by atoms with Gasteiger partial charge in [0.05, 0.1) is 16.9 Å². The predicted octanol–water partition coefficient (Wildman–Crippen LogP) is 1.53. The topological polar surface area (TPSA) is 74.7 Å². The number of piperidine rings is 1. The second kappa shape index (κ2) is 6.02. The van der Waals surface area contributed by atoms with E-state index in [0.29, 0.717) is 25.8 Å². The summed E-state index contributed by atoms with van der Waals surface area (Å²) in [5.74, 6) is -0.228. The van der Waals surface area contributed by atoms with Crippen LogP contribution in [0.2, 0.25) is 0 Å². The van der Waals surface area contributed by atoms with Gasteiger partial charge in [0.25, 0.3) is 0 Å². The number of carboxylic acids is 1. The van der Waals surface area contributed by atoms with Gasteiger partial charge in [-0.05, 0) is 38.6 Å². The molecule has 2 fully saturated rings. The Morgan fingerprint density at radius 2 is 2.15 bits per heavy atom. The molecule has 0 spiro atoms. The van der Waals surface area contributed by atoms with Crippen molar-refractivity contribution in [2.45, 2.75) is 51.5 Å². The van der Waals surface area contributed by atoms with Gasteiger partial charge in [-0.3, -0.25) is 9.69 Å². The van der Waals surface area contributed by atoms with Gasteiger partial charge < -0.3 is 5.11 Å². The number of hydrogen-bond acceptors (Lipinski definition) is 4. The summed E-state index contributed by atoms with van der Waals surface area (Å²) in [5, 5.41) is 9.59. The third-order valence-electron chi connectivity index (χ3n) is 4.74. The molecule has 6 heteroatoms. The van der Waals surface area contributed by atoms with E-state index in [1.54, 1.807) is 0 Å². The molecule has 2 atom stereocenters. The van der Waals surface area contributed by atoms with Crippen LogP contribution in [0.4, 0.5) is 0 Å². The lowest BCUT2D eigenvalue weighted by molar-refractivity contribution is -0.153. The molecule has 2 heterocycles. The molecule has 0 aromatic heterocycles. The molecule has 2 saturated heterocycles. The van der Waals surface area contributed by atoms with Crippen LogP contribution in [-0.4, -0.2) is 55.0 Å². The Balaban J connectivity index is 2.11. The number of likely N-dealkylation sites (tertiary alicyclic amines) is 1. The third-order valence-corrected chi connectivity index (χ3v) is 6.55. The molecular formula is C14H25NO4S. The van der Waals surface area contributed by atoms with Crippen LogP contribution in [-0.2, 0) is 14.6 Å². The summed E-state index contributed by atoms with van der Waals surface area (Å²) in [7, 11) is -2.94. The molecule has 2 unspecified atom stereocenters. The van der Waals surface area contributed by atoms with Crippen molar-refractivity contribution in [1.82, 2.24) is 4.90 Å². The maximum Gasteiger partial charge on any atom is 0.310 e. The zero-order valence-electron chi connectivity index (χ0n) is 12.2. The van der Waals surface area contributed by atoms with E-state index in [-0.39, 0.29) is 17.5 Å². The summed E-state index contributed by atoms with van der Waals surface area (Å²) < 4.78 is 23.6. The monoisotopic (exact) mass is 303 g/mol. The predicted molar refractivity (Wildman–Crippen MR) is 77.5 cm³/mol. The van der Waals surface area contributed by atoms with Crippen LogP contribution >= 0.6 is 0 Å². The quantitative estimate of drug-likeness (QED) is 0.852. The van der Waals surface area contributed by atoms with Crippen molar-refractivity contribution in [2.24, 2.45) is 5.41 Å². The van der Waals surface area contributed by atoms with Gasteiger partial charge in [-0.2, -0.15) is 0 Å². The molecule has 2 aliphatic rings. The van der Waals surface area contributed by atoms with Crippen molar-refractivity contribution in [1.29, 1.82) is 0 Å². The minimum Gasteiger partial charge on any atom is -0.481 e. The molecule has 2 rings (SSSR count). The number of rotatable bonds is 4. The fourth-order valence-electron chi connectivity index (χ4n) is 3.73. The Bertz CT molecular complexity index is 458. The van der Waals surface area contributed by atoms with E-state index >= 15 is 0 Å². The van der Waals surface area contributed by atoms with E-state index in [2.05, 4.69) is 4.90 Å². The van der Waals surface area contributed by atoms with Crippen LogP contribution in [0, 0.1) is 5.41 Å². The Labute approximate surface area is 121 Å². The van der Waals surface area contributed by atoms with E-state index < -0.39 is 21.2 Å². The van der Waals surface area contributed by atoms with E-state index in [1.165, 1.54) is 0 Å². The smallest absolute Gasteiger partial charge is 0.310 e. The van der Waals surface area contributed by atoms with Crippen LogP contribution in [0.25, 0.3) is 0 Å². The number of carbonyl (C=O) groups is 1. The number of nitrogens with zero attached hydrogens (tertiary/aromatic N) is 1. The lowest BCUT2D eigenvalue weighted by Gasteiger charge is -2.44. The lowest BCUT2D eigenvalue weighted by atomic mass is 9.76. The van der Waals surface area contributed by atoms with Gasteiger partial charge in [0.2, 0.25) is 0 Å². The van der Waals surface area contributed by atoms with Crippen LogP contribution < -0.4 is 0 Å². The van der Waals surface area contributed by atoms with Crippen LogP contribution in [0.1, 0.15) is 45.4 Å². The lowest BCUT2D eigenvalue weighted by Crippen LogP contribution is -2.54. The third kappa shape index (κ3) is 3.34. The molecule has 0 saturated carbocycles. The minimum absolute atomic E-state index is 0.0182. The maximum atomic E-state index is 11.8. The maximum absolute atomic E-state index is 11.8. The highest BCUT2D eigenvalue weighted by Gasteiger charge is 2.44. The zero-order valence-corrected chi connectivity index (χ0v) is 13.0. The summed E-state index contributed by atoms with van der Waals surface area (Å²) in [6.45, 7) is 3.35. The Morgan fingerprint density at radius 1 is 1.40 bits per heavy atom. The highest BCUT2D eigenvalue weighted by atomic mass is 32.2. The first-order chi connectivity index (χ1) is 9.38. The number of aliphatic carboxylic acids is 1. The molecule has 0 aliphatic carbocycles. The number of carboxylic acid groups (broad SMARTS) is 1. The molecule has 2 aliphatic heterocycles. The van der Waals surface area contributed by atoms with Gasteiger partial charge in [0, 0.05) is 12.6 Å². The Kier molecular flexibility index (Phi) is 4.74. The van der Waals surface area contributed by atoms with E-state index in [4.69, 9.17) is 0 Å². The minimum atomic E-state index is -2.94. The Hall–Kier alpha value is -0.620. The molecule has 0 aromatic rings. The van der Waals surface area contributed by atoms with Crippen molar-refractivity contribution >= 4 is 15.8 Å². The SMILES string of the molecule is CCCC1(C(=O)O)CCCN(C2CCCS(=O)(=O)C2)C1. The molecule has 1 N–H and O–H groups in total. The van der Waals surface area contributed by atoms with Crippen molar-refractivity contribution in [2.75, 3.05) is 24.6 Å².